The lowest BCUT2D eigenvalue weighted by Crippen LogP contribution is -2.43. The zero-order chi connectivity index (χ0) is 12.9. The first-order valence-corrected chi connectivity index (χ1v) is 6.16. The zero-order valence-corrected chi connectivity index (χ0v) is 10.5. The van der Waals surface area contributed by atoms with E-state index in [-0.39, 0.29) is 18.0 Å². The minimum Gasteiger partial charge on any atom is -0.315 e. The molecule has 0 aliphatic carbocycles. The fraction of sp³-hybridized carbons (Fsp3) is 0.833. The van der Waals surface area contributed by atoms with E-state index < -0.39 is 6.18 Å². The average molecular weight is 250 g/mol. The summed E-state index contributed by atoms with van der Waals surface area (Å²) in [5.41, 5.74) is -0.373. The third kappa shape index (κ3) is 4.68. The molecule has 0 radical (unpaired) electrons. The van der Waals surface area contributed by atoms with Crippen LogP contribution in [0.5, 0.6) is 0 Å². The smallest absolute Gasteiger partial charge is 0.315 e. The predicted octanol–water partition coefficient (Wildman–Crippen LogP) is 2.57. The zero-order valence-electron chi connectivity index (χ0n) is 10.5. The molecule has 1 aliphatic heterocycles. The summed E-state index contributed by atoms with van der Waals surface area (Å²) >= 11 is 0. The van der Waals surface area contributed by atoms with E-state index in [2.05, 4.69) is 24.1 Å². The SMILES string of the molecule is CCCNCC(C)N1CC=C(C(F)(F)F)CC1. The molecule has 0 bridgehead atoms. The summed E-state index contributed by atoms with van der Waals surface area (Å²) in [4.78, 5) is 2.08. The average Bonchev–Trinajstić information content (AvgIpc) is 2.28. The van der Waals surface area contributed by atoms with Crippen molar-refractivity contribution in [3.8, 4) is 0 Å². The second-order valence-corrected chi connectivity index (χ2v) is 4.53. The molecule has 0 fully saturated rings. The number of alkyl halides is 3. The monoisotopic (exact) mass is 250 g/mol. The van der Waals surface area contributed by atoms with Gasteiger partial charge in [0.2, 0.25) is 0 Å². The fourth-order valence-electron chi connectivity index (χ4n) is 1.96. The maximum atomic E-state index is 12.4. The molecule has 0 aromatic carbocycles. The van der Waals surface area contributed by atoms with Crippen LogP contribution >= 0.6 is 0 Å². The van der Waals surface area contributed by atoms with Crippen molar-refractivity contribution < 1.29 is 13.2 Å². The molecule has 1 N–H and O–H groups in total. The molecule has 0 aromatic rings. The summed E-state index contributed by atoms with van der Waals surface area (Å²) in [6.45, 7) is 6.85. The quantitative estimate of drug-likeness (QED) is 0.596. The van der Waals surface area contributed by atoms with Crippen molar-refractivity contribution >= 4 is 0 Å². The van der Waals surface area contributed by atoms with Crippen LogP contribution < -0.4 is 5.32 Å². The van der Waals surface area contributed by atoms with Crippen LogP contribution in [0.15, 0.2) is 11.6 Å². The molecular weight excluding hydrogens is 229 g/mol. The molecule has 0 saturated carbocycles. The van der Waals surface area contributed by atoms with Gasteiger partial charge in [-0.2, -0.15) is 13.2 Å². The summed E-state index contributed by atoms with van der Waals surface area (Å²) in [7, 11) is 0. The molecule has 0 saturated heterocycles. The van der Waals surface area contributed by atoms with E-state index in [0.29, 0.717) is 13.1 Å². The Labute approximate surface area is 101 Å². The van der Waals surface area contributed by atoms with Crippen molar-refractivity contribution in [3.63, 3.8) is 0 Å². The van der Waals surface area contributed by atoms with Gasteiger partial charge in [0, 0.05) is 31.2 Å². The molecule has 1 rings (SSSR count). The summed E-state index contributed by atoms with van der Waals surface area (Å²) in [5.74, 6) is 0. The molecule has 1 unspecified atom stereocenters. The van der Waals surface area contributed by atoms with Gasteiger partial charge in [0.1, 0.15) is 0 Å². The van der Waals surface area contributed by atoms with Gasteiger partial charge >= 0.3 is 6.18 Å². The van der Waals surface area contributed by atoms with Gasteiger partial charge in [-0.05, 0) is 26.3 Å². The van der Waals surface area contributed by atoms with Crippen molar-refractivity contribution in [2.24, 2.45) is 0 Å². The number of hydrogen-bond acceptors (Lipinski definition) is 2. The van der Waals surface area contributed by atoms with Gasteiger partial charge in [-0.15, -0.1) is 0 Å². The summed E-state index contributed by atoms with van der Waals surface area (Å²) in [6, 6.07) is 0.285. The van der Waals surface area contributed by atoms with E-state index in [0.717, 1.165) is 19.5 Å². The highest BCUT2D eigenvalue weighted by molar-refractivity contribution is 5.13. The molecule has 1 atom stereocenters. The second kappa shape index (κ2) is 6.40. The molecule has 0 aromatic heterocycles. The van der Waals surface area contributed by atoms with Gasteiger partial charge in [-0.1, -0.05) is 13.0 Å². The molecule has 100 valence electrons. The molecule has 0 spiro atoms. The molecule has 1 heterocycles. The van der Waals surface area contributed by atoms with Crippen molar-refractivity contribution in [2.45, 2.75) is 38.9 Å². The largest absolute Gasteiger partial charge is 0.412 e. The first-order valence-electron chi connectivity index (χ1n) is 6.16. The minimum atomic E-state index is -4.14. The first-order chi connectivity index (χ1) is 7.95. The minimum absolute atomic E-state index is 0.113. The van der Waals surface area contributed by atoms with E-state index >= 15 is 0 Å². The van der Waals surface area contributed by atoms with Gasteiger partial charge in [-0.25, -0.2) is 0 Å². The highest BCUT2D eigenvalue weighted by Crippen LogP contribution is 2.30. The Bertz CT molecular complexity index is 261. The molecule has 0 amide bonds. The predicted molar refractivity (Wildman–Crippen MR) is 63.0 cm³/mol. The Morgan fingerprint density at radius 2 is 2.18 bits per heavy atom. The maximum Gasteiger partial charge on any atom is 0.412 e. The lowest BCUT2D eigenvalue weighted by Gasteiger charge is -2.32. The van der Waals surface area contributed by atoms with E-state index in [9.17, 15) is 13.2 Å². The number of halogens is 3. The van der Waals surface area contributed by atoms with E-state index in [1.165, 1.54) is 6.08 Å². The Morgan fingerprint density at radius 1 is 1.47 bits per heavy atom. The van der Waals surface area contributed by atoms with Crippen LogP contribution in [0, 0.1) is 0 Å². The van der Waals surface area contributed by atoms with Crippen LogP contribution in [0.4, 0.5) is 13.2 Å². The van der Waals surface area contributed by atoms with Crippen molar-refractivity contribution in [1.82, 2.24) is 10.2 Å². The van der Waals surface area contributed by atoms with Crippen LogP contribution in [-0.2, 0) is 0 Å². The van der Waals surface area contributed by atoms with Gasteiger partial charge in [0.15, 0.2) is 0 Å². The number of nitrogens with zero attached hydrogens (tertiary/aromatic N) is 1. The topological polar surface area (TPSA) is 15.3 Å². The highest BCUT2D eigenvalue weighted by Gasteiger charge is 2.35. The van der Waals surface area contributed by atoms with E-state index in [1.54, 1.807) is 0 Å². The number of nitrogens with one attached hydrogen (secondary N) is 1. The number of rotatable bonds is 5. The molecule has 17 heavy (non-hydrogen) atoms. The normalized spacial score (nSPS) is 20.2. The van der Waals surface area contributed by atoms with Crippen molar-refractivity contribution in [2.75, 3.05) is 26.2 Å². The fourth-order valence-corrected chi connectivity index (χ4v) is 1.96. The Kier molecular flexibility index (Phi) is 5.46. The van der Waals surface area contributed by atoms with E-state index in [1.807, 2.05) is 0 Å². The Hall–Kier alpha value is -0.550. The standard InChI is InChI=1S/C12H21F3N2/c1-3-6-16-9-10(2)17-7-4-11(5-8-17)12(13,14)15/h4,10,16H,3,5-9H2,1-2H3. The van der Waals surface area contributed by atoms with Gasteiger partial charge in [0.05, 0.1) is 0 Å². The molecule has 2 nitrogen and oxygen atoms in total. The maximum absolute atomic E-state index is 12.4. The van der Waals surface area contributed by atoms with Crippen LogP contribution in [0.2, 0.25) is 0 Å². The van der Waals surface area contributed by atoms with Gasteiger partial charge < -0.3 is 5.32 Å². The van der Waals surface area contributed by atoms with Crippen LogP contribution in [0.3, 0.4) is 0 Å². The third-order valence-corrected chi connectivity index (χ3v) is 3.09. The Balaban J connectivity index is 2.38. The van der Waals surface area contributed by atoms with Crippen molar-refractivity contribution in [3.05, 3.63) is 11.6 Å². The highest BCUT2D eigenvalue weighted by atomic mass is 19.4. The molecule has 5 heteroatoms. The van der Waals surface area contributed by atoms with Gasteiger partial charge in [0.25, 0.3) is 0 Å². The van der Waals surface area contributed by atoms with E-state index in [4.69, 9.17) is 0 Å². The molecule has 1 aliphatic rings. The van der Waals surface area contributed by atoms with Crippen LogP contribution in [-0.4, -0.2) is 43.3 Å². The lowest BCUT2D eigenvalue weighted by molar-refractivity contribution is -0.0963. The molecular formula is C12H21F3N2. The number of hydrogen-bond donors (Lipinski definition) is 1. The lowest BCUT2D eigenvalue weighted by atomic mass is 10.1. The summed E-state index contributed by atoms with van der Waals surface area (Å²) in [6.07, 6.45) is -1.64. The second-order valence-electron chi connectivity index (χ2n) is 4.53. The van der Waals surface area contributed by atoms with Crippen LogP contribution in [0.1, 0.15) is 26.7 Å². The van der Waals surface area contributed by atoms with Gasteiger partial charge in [-0.3, -0.25) is 4.90 Å². The summed E-state index contributed by atoms with van der Waals surface area (Å²) < 4.78 is 37.3. The van der Waals surface area contributed by atoms with Crippen LogP contribution in [0.25, 0.3) is 0 Å². The van der Waals surface area contributed by atoms with Crippen molar-refractivity contribution in [1.29, 1.82) is 0 Å². The summed E-state index contributed by atoms with van der Waals surface area (Å²) in [5, 5.41) is 3.29. The third-order valence-electron chi connectivity index (χ3n) is 3.09. The first kappa shape index (κ1) is 14.5. The Morgan fingerprint density at radius 3 is 2.65 bits per heavy atom.